The second kappa shape index (κ2) is 4.21. The van der Waals surface area contributed by atoms with Gasteiger partial charge in [-0.3, -0.25) is 4.98 Å². The summed E-state index contributed by atoms with van der Waals surface area (Å²) in [6.07, 6.45) is 3.70. The average molecular weight is 225 g/mol. The summed E-state index contributed by atoms with van der Waals surface area (Å²) in [4.78, 5) is 4.07. The van der Waals surface area contributed by atoms with Gasteiger partial charge < -0.3 is 4.74 Å². The molecule has 0 bridgehead atoms. The number of benzene rings is 1. The Morgan fingerprint density at radius 3 is 2.71 bits per heavy atom. The second-order valence-electron chi connectivity index (χ2n) is 4.52. The predicted octanol–water partition coefficient (Wildman–Crippen LogP) is 3.36. The van der Waals surface area contributed by atoms with Crippen molar-refractivity contribution >= 4 is 0 Å². The monoisotopic (exact) mass is 225 g/mol. The number of rotatable bonds is 1. The maximum absolute atomic E-state index is 5.84. The smallest absolute Gasteiger partial charge is 0.122 e. The van der Waals surface area contributed by atoms with E-state index in [0.717, 1.165) is 12.4 Å². The summed E-state index contributed by atoms with van der Waals surface area (Å²) in [5.41, 5.74) is 2.61. The molecular formula is C15H15NO. The van der Waals surface area contributed by atoms with Crippen LogP contribution in [0.25, 0.3) is 0 Å². The van der Waals surface area contributed by atoms with Gasteiger partial charge in [-0.05, 0) is 35.2 Å². The molecule has 0 radical (unpaired) electrons. The molecule has 1 aliphatic heterocycles. The molecule has 2 nitrogen and oxygen atoms in total. The summed E-state index contributed by atoms with van der Waals surface area (Å²) in [5, 5.41) is 0. The standard InChI is InChI=1S/C15H15NO/c1-11-13-4-2-3-5-15(13)17-10-14(11)12-6-8-16-9-7-12/h2-9,11,14H,10H2,1H3. The summed E-state index contributed by atoms with van der Waals surface area (Å²) in [5.74, 6) is 1.94. The minimum absolute atomic E-state index is 0.424. The zero-order chi connectivity index (χ0) is 11.7. The third kappa shape index (κ3) is 1.80. The van der Waals surface area contributed by atoms with Crippen LogP contribution in [0.2, 0.25) is 0 Å². The van der Waals surface area contributed by atoms with E-state index < -0.39 is 0 Å². The SMILES string of the molecule is CC1c2ccccc2OCC1c1ccncc1. The fourth-order valence-corrected chi connectivity index (χ4v) is 2.52. The average Bonchev–Trinajstić information content (AvgIpc) is 2.40. The maximum atomic E-state index is 5.84. The number of hydrogen-bond acceptors (Lipinski definition) is 2. The third-order valence-corrected chi connectivity index (χ3v) is 3.57. The van der Waals surface area contributed by atoms with Gasteiger partial charge in [0.2, 0.25) is 0 Å². The minimum atomic E-state index is 0.424. The van der Waals surface area contributed by atoms with Crippen molar-refractivity contribution in [2.24, 2.45) is 0 Å². The lowest BCUT2D eigenvalue weighted by molar-refractivity contribution is 0.243. The molecule has 2 heteroatoms. The van der Waals surface area contributed by atoms with Gasteiger partial charge >= 0.3 is 0 Å². The molecule has 17 heavy (non-hydrogen) atoms. The zero-order valence-electron chi connectivity index (χ0n) is 9.84. The molecule has 2 atom stereocenters. The van der Waals surface area contributed by atoms with Crippen molar-refractivity contribution in [1.29, 1.82) is 0 Å². The number of aromatic nitrogens is 1. The van der Waals surface area contributed by atoms with Crippen LogP contribution in [0, 0.1) is 0 Å². The first kappa shape index (κ1) is 10.3. The minimum Gasteiger partial charge on any atom is -0.493 e. The Hall–Kier alpha value is -1.83. The lowest BCUT2D eigenvalue weighted by Crippen LogP contribution is -2.22. The van der Waals surface area contributed by atoms with E-state index in [1.807, 2.05) is 18.5 Å². The first-order chi connectivity index (χ1) is 8.36. The van der Waals surface area contributed by atoms with Crippen molar-refractivity contribution < 1.29 is 4.74 Å². The zero-order valence-corrected chi connectivity index (χ0v) is 9.84. The van der Waals surface area contributed by atoms with E-state index >= 15 is 0 Å². The summed E-state index contributed by atoms with van der Waals surface area (Å²) >= 11 is 0. The molecule has 86 valence electrons. The largest absolute Gasteiger partial charge is 0.493 e. The van der Waals surface area contributed by atoms with Crippen LogP contribution in [-0.4, -0.2) is 11.6 Å². The Morgan fingerprint density at radius 2 is 1.88 bits per heavy atom. The lowest BCUT2D eigenvalue weighted by Gasteiger charge is -2.31. The van der Waals surface area contributed by atoms with Gasteiger partial charge in [-0.15, -0.1) is 0 Å². The van der Waals surface area contributed by atoms with Gasteiger partial charge in [-0.2, -0.15) is 0 Å². The van der Waals surface area contributed by atoms with Crippen LogP contribution >= 0.6 is 0 Å². The molecule has 1 aliphatic rings. The highest BCUT2D eigenvalue weighted by Crippen LogP contribution is 2.41. The fourth-order valence-electron chi connectivity index (χ4n) is 2.52. The number of hydrogen-bond donors (Lipinski definition) is 0. The molecule has 0 fully saturated rings. The highest BCUT2D eigenvalue weighted by Gasteiger charge is 2.28. The normalized spacial score (nSPS) is 22.6. The van der Waals surface area contributed by atoms with E-state index in [-0.39, 0.29) is 0 Å². The van der Waals surface area contributed by atoms with Gasteiger partial charge in [0.25, 0.3) is 0 Å². The van der Waals surface area contributed by atoms with Gasteiger partial charge in [-0.25, -0.2) is 0 Å². The molecule has 0 saturated carbocycles. The lowest BCUT2D eigenvalue weighted by atomic mass is 9.81. The molecule has 1 aromatic carbocycles. The summed E-state index contributed by atoms with van der Waals surface area (Å²) < 4.78 is 5.84. The Labute approximate surface area is 101 Å². The van der Waals surface area contributed by atoms with Crippen molar-refractivity contribution in [3.05, 3.63) is 59.9 Å². The predicted molar refractivity (Wildman–Crippen MR) is 67.3 cm³/mol. The van der Waals surface area contributed by atoms with E-state index in [1.165, 1.54) is 11.1 Å². The van der Waals surface area contributed by atoms with E-state index in [1.54, 1.807) is 0 Å². The Morgan fingerprint density at radius 1 is 1.12 bits per heavy atom. The quantitative estimate of drug-likeness (QED) is 0.742. The van der Waals surface area contributed by atoms with Gasteiger partial charge in [0.15, 0.2) is 0 Å². The van der Waals surface area contributed by atoms with Gasteiger partial charge in [0.05, 0.1) is 6.61 Å². The van der Waals surface area contributed by atoms with E-state index in [2.05, 4.69) is 42.2 Å². The Bertz CT molecular complexity index is 509. The molecule has 0 amide bonds. The van der Waals surface area contributed by atoms with Gasteiger partial charge in [-0.1, -0.05) is 25.1 Å². The van der Waals surface area contributed by atoms with Crippen LogP contribution in [-0.2, 0) is 0 Å². The molecule has 1 aromatic heterocycles. The number of fused-ring (bicyclic) bond motifs is 1. The van der Waals surface area contributed by atoms with E-state index in [9.17, 15) is 0 Å². The van der Waals surface area contributed by atoms with E-state index in [0.29, 0.717) is 11.8 Å². The highest BCUT2D eigenvalue weighted by molar-refractivity contribution is 5.40. The van der Waals surface area contributed by atoms with Crippen molar-refractivity contribution in [2.45, 2.75) is 18.8 Å². The number of ether oxygens (including phenoxy) is 1. The van der Waals surface area contributed by atoms with Crippen molar-refractivity contribution in [3.63, 3.8) is 0 Å². The molecule has 3 rings (SSSR count). The van der Waals surface area contributed by atoms with Crippen LogP contribution in [0.4, 0.5) is 0 Å². The molecule has 2 unspecified atom stereocenters. The molecule has 2 heterocycles. The van der Waals surface area contributed by atoms with Crippen molar-refractivity contribution in [3.8, 4) is 5.75 Å². The molecular weight excluding hydrogens is 210 g/mol. The van der Waals surface area contributed by atoms with Gasteiger partial charge in [0, 0.05) is 18.3 Å². The molecule has 0 saturated heterocycles. The van der Waals surface area contributed by atoms with Crippen molar-refractivity contribution in [2.75, 3.05) is 6.61 Å². The number of nitrogens with zero attached hydrogens (tertiary/aromatic N) is 1. The third-order valence-electron chi connectivity index (χ3n) is 3.57. The van der Waals surface area contributed by atoms with Crippen LogP contribution in [0.5, 0.6) is 5.75 Å². The first-order valence-electron chi connectivity index (χ1n) is 5.98. The fraction of sp³-hybridized carbons (Fsp3) is 0.267. The molecule has 0 aliphatic carbocycles. The van der Waals surface area contributed by atoms with Crippen LogP contribution in [0.15, 0.2) is 48.8 Å². The van der Waals surface area contributed by atoms with Crippen LogP contribution in [0.3, 0.4) is 0 Å². The summed E-state index contributed by atoms with van der Waals surface area (Å²) in [7, 11) is 0. The highest BCUT2D eigenvalue weighted by atomic mass is 16.5. The van der Waals surface area contributed by atoms with Crippen molar-refractivity contribution in [1.82, 2.24) is 4.98 Å². The first-order valence-corrected chi connectivity index (χ1v) is 5.98. The topological polar surface area (TPSA) is 22.1 Å². The number of para-hydroxylation sites is 1. The maximum Gasteiger partial charge on any atom is 0.122 e. The molecule has 0 N–H and O–H groups in total. The molecule has 2 aromatic rings. The van der Waals surface area contributed by atoms with E-state index in [4.69, 9.17) is 4.74 Å². The van der Waals surface area contributed by atoms with Crippen LogP contribution < -0.4 is 4.74 Å². The molecule has 0 spiro atoms. The van der Waals surface area contributed by atoms with Gasteiger partial charge in [0.1, 0.15) is 5.75 Å². The summed E-state index contributed by atoms with van der Waals surface area (Å²) in [6, 6.07) is 12.5. The Balaban J connectivity index is 1.97. The second-order valence-corrected chi connectivity index (χ2v) is 4.52. The van der Waals surface area contributed by atoms with Crippen LogP contribution in [0.1, 0.15) is 29.9 Å². The Kier molecular flexibility index (Phi) is 2.56. The summed E-state index contributed by atoms with van der Waals surface area (Å²) in [6.45, 7) is 3.02. The number of pyridine rings is 1.